The molecule has 0 fully saturated rings. The van der Waals surface area contributed by atoms with Crippen LogP contribution < -0.4 is 20.1 Å². The Kier molecular flexibility index (Phi) is 5.84. The van der Waals surface area contributed by atoms with Crippen LogP contribution >= 0.6 is 11.6 Å². The van der Waals surface area contributed by atoms with Crippen molar-refractivity contribution < 1.29 is 19.9 Å². The Labute approximate surface area is 180 Å². The number of aromatic hydroxyl groups is 1. The number of benzene rings is 3. The molecule has 0 aliphatic carbocycles. The maximum absolute atomic E-state index is 10.5. The molecule has 2 unspecified atom stereocenters. The summed E-state index contributed by atoms with van der Waals surface area (Å²) in [5.74, 6) is 1.84. The number of nitrogens with two attached hydrogens (primary N) is 1. The summed E-state index contributed by atoms with van der Waals surface area (Å²) < 4.78 is 10.6. The Morgan fingerprint density at radius 1 is 0.900 bits per heavy atom. The van der Waals surface area contributed by atoms with Crippen LogP contribution in [0.3, 0.4) is 0 Å². The van der Waals surface area contributed by atoms with E-state index in [4.69, 9.17) is 21.1 Å². The smallest absolute Gasteiger partial charge is 0.186 e. The molecule has 1 aliphatic heterocycles. The second-order valence-electron chi connectivity index (χ2n) is 7.13. The van der Waals surface area contributed by atoms with Crippen molar-refractivity contribution >= 4 is 17.3 Å². The van der Waals surface area contributed by atoms with Gasteiger partial charge in [-0.3, -0.25) is 0 Å². The van der Waals surface area contributed by atoms with Gasteiger partial charge in [-0.25, -0.2) is 0 Å². The van der Waals surface area contributed by atoms with E-state index in [1.807, 2.05) is 54.6 Å². The molecule has 0 saturated heterocycles. The molecule has 1 aliphatic rings. The first kappa shape index (κ1) is 20.1. The first-order valence-electron chi connectivity index (χ1n) is 9.67. The topological polar surface area (TPSA) is 67.3 Å². The minimum atomic E-state index is -0.117. The summed E-state index contributed by atoms with van der Waals surface area (Å²) in [6.07, 6.45) is 2.05. The first-order valence-corrected chi connectivity index (χ1v) is 10.1. The molecule has 0 spiro atoms. The standard InChI is InChI=1S/C24H23ClN2O3/c1-29-18-8-3-15(4-9-18)21-14-22(20-13-17(25)7-12-23(20)28)27-24(26-21)16-5-10-19(30-2)11-6-16/h3-14,22,24,26-28H,1-2H3/p+1. The molecule has 4 N–H and O–H groups in total. The average Bonchev–Trinajstić information content (AvgIpc) is 2.80. The van der Waals surface area contributed by atoms with E-state index >= 15 is 0 Å². The monoisotopic (exact) mass is 423 g/mol. The van der Waals surface area contributed by atoms with E-state index in [2.05, 4.69) is 16.7 Å². The predicted octanol–water partition coefficient (Wildman–Crippen LogP) is 4.01. The van der Waals surface area contributed by atoms with Crippen LogP contribution in [0.15, 0.2) is 72.8 Å². The predicted molar refractivity (Wildman–Crippen MR) is 118 cm³/mol. The second kappa shape index (κ2) is 8.69. The van der Waals surface area contributed by atoms with Crippen LogP contribution in [-0.2, 0) is 0 Å². The lowest BCUT2D eigenvalue weighted by Crippen LogP contribution is -2.89. The quantitative estimate of drug-likeness (QED) is 0.580. The lowest BCUT2D eigenvalue weighted by atomic mass is 9.98. The Hall–Kier alpha value is -3.15. The van der Waals surface area contributed by atoms with Crippen LogP contribution in [0.5, 0.6) is 17.2 Å². The van der Waals surface area contributed by atoms with Gasteiger partial charge in [0.25, 0.3) is 0 Å². The highest BCUT2D eigenvalue weighted by molar-refractivity contribution is 6.30. The molecule has 30 heavy (non-hydrogen) atoms. The van der Waals surface area contributed by atoms with Crippen molar-refractivity contribution in [1.29, 1.82) is 0 Å². The number of ether oxygens (including phenoxy) is 2. The summed E-state index contributed by atoms with van der Waals surface area (Å²) in [5, 5.41) is 16.8. The minimum absolute atomic E-state index is 0.0543. The number of phenols is 1. The summed E-state index contributed by atoms with van der Waals surface area (Å²) in [4.78, 5) is 0. The molecule has 3 aromatic rings. The van der Waals surface area contributed by atoms with Crippen LogP contribution in [0.1, 0.15) is 28.9 Å². The molecule has 6 heteroatoms. The number of quaternary nitrogens is 1. The third-order valence-corrected chi connectivity index (χ3v) is 5.52. The van der Waals surface area contributed by atoms with Crippen LogP contribution in [0.4, 0.5) is 0 Å². The molecule has 4 rings (SSSR count). The van der Waals surface area contributed by atoms with Crippen molar-refractivity contribution in [3.63, 3.8) is 0 Å². The van der Waals surface area contributed by atoms with Gasteiger partial charge < -0.3 is 25.2 Å². The van der Waals surface area contributed by atoms with Gasteiger partial charge in [0.15, 0.2) is 6.17 Å². The van der Waals surface area contributed by atoms with Gasteiger partial charge in [0.1, 0.15) is 23.3 Å². The van der Waals surface area contributed by atoms with Crippen molar-refractivity contribution in [3.05, 3.63) is 94.5 Å². The fourth-order valence-electron chi connectivity index (χ4n) is 3.65. The van der Waals surface area contributed by atoms with Gasteiger partial charge in [-0.15, -0.1) is 0 Å². The molecule has 2 atom stereocenters. The Balaban J connectivity index is 1.74. The summed E-state index contributed by atoms with van der Waals surface area (Å²) in [5.41, 5.74) is 3.88. The molecule has 0 amide bonds. The zero-order valence-electron chi connectivity index (χ0n) is 16.8. The maximum Gasteiger partial charge on any atom is 0.186 e. The number of nitrogens with one attached hydrogen (secondary N) is 1. The Morgan fingerprint density at radius 3 is 2.17 bits per heavy atom. The highest BCUT2D eigenvalue weighted by Gasteiger charge is 2.29. The first-order chi connectivity index (χ1) is 14.6. The Morgan fingerprint density at radius 2 is 1.53 bits per heavy atom. The van der Waals surface area contributed by atoms with Crippen LogP contribution in [0, 0.1) is 0 Å². The van der Waals surface area contributed by atoms with Gasteiger partial charge >= 0.3 is 0 Å². The van der Waals surface area contributed by atoms with Crippen LogP contribution in [-0.4, -0.2) is 19.3 Å². The van der Waals surface area contributed by atoms with Crippen molar-refractivity contribution in [2.75, 3.05) is 14.2 Å². The number of methoxy groups -OCH3 is 2. The number of hydrogen-bond donors (Lipinski definition) is 3. The molecule has 3 aromatic carbocycles. The molecule has 1 heterocycles. The van der Waals surface area contributed by atoms with Gasteiger partial charge in [-0.2, -0.15) is 0 Å². The highest BCUT2D eigenvalue weighted by Crippen LogP contribution is 2.31. The third-order valence-electron chi connectivity index (χ3n) is 5.28. The average molecular weight is 424 g/mol. The Bertz CT molecular complexity index is 1050. The van der Waals surface area contributed by atoms with E-state index in [1.54, 1.807) is 26.4 Å². The molecule has 5 nitrogen and oxygen atoms in total. The van der Waals surface area contributed by atoms with Crippen molar-refractivity contribution in [2.45, 2.75) is 12.2 Å². The maximum atomic E-state index is 10.5. The van der Waals surface area contributed by atoms with E-state index < -0.39 is 0 Å². The van der Waals surface area contributed by atoms with Gasteiger partial charge in [-0.05, 0) is 72.3 Å². The fraction of sp³-hybridized carbons (Fsp3) is 0.167. The van der Waals surface area contributed by atoms with Crippen LogP contribution in [0.2, 0.25) is 5.02 Å². The zero-order chi connectivity index (χ0) is 21.1. The lowest BCUT2D eigenvalue weighted by Gasteiger charge is -2.30. The summed E-state index contributed by atoms with van der Waals surface area (Å²) >= 11 is 6.22. The van der Waals surface area contributed by atoms with E-state index in [0.29, 0.717) is 5.02 Å². The molecule has 0 saturated carbocycles. The number of hydrogen-bond acceptors (Lipinski definition) is 4. The fourth-order valence-corrected chi connectivity index (χ4v) is 3.83. The van der Waals surface area contributed by atoms with Gasteiger partial charge in [0.05, 0.1) is 19.8 Å². The summed E-state index contributed by atoms with van der Waals surface area (Å²) in [6, 6.07) is 20.9. The molecule has 154 valence electrons. The summed E-state index contributed by atoms with van der Waals surface area (Å²) in [7, 11) is 3.31. The van der Waals surface area contributed by atoms with Crippen molar-refractivity contribution in [1.82, 2.24) is 5.32 Å². The van der Waals surface area contributed by atoms with Gasteiger partial charge in [0, 0.05) is 22.4 Å². The number of halogens is 1. The highest BCUT2D eigenvalue weighted by atomic mass is 35.5. The van der Waals surface area contributed by atoms with Crippen molar-refractivity contribution in [2.24, 2.45) is 0 Å². The SMILES string of the molecule is COc1ccc(C2=CC(c3cc(Cl)ccc3O)[NH2+]C(c3ccc(OC)cc3)N2)cc1. The van der Waals surface area contributed by atoms with E-state index in [9.17, 15) is 5.11 Å². The van der Waals surface area contributed by atoms with Crippen molar-refractivity contribution in [3.8, 4) is 17.2 Å². The molecule has 0 aromatic heterocycles. The normalized spacial score (nSPS) is 18.3. The lowest BCUT2D eigenvalue weighted by molar-refractivity contribution is -0.731. The molecule has 0 bridgehead atoms. The molecular formula is C24H24ClN2O3+. The van der Waals surface area contributed by atoms with Gasteiger partial charge in [0.2, 0.25) is 0 Å². The van der Waals surface area contributed by atoms with E-state index in [0.717, 1.165) is 33.9 Å². The minimum Gasteiger partial charge on any atom is -0.507 e. The largest absolute Gasteiger partial charge is 0.507 e. The molecular weight excluding hydrogens is 400 g/mol. The molecule has 0 radical (unpaired) electrons. The summed E-state index contributed by atoms with van der Waals surface area (Å²) in [6.45, 7) is 0. The van der Waals surface area contributed by atoms with E-state index in [-0.39, 0.29) is 18.0 Å². The third kappa shape index (κ3) is 4.22. The van der Waals surface area contributed by atoms with Gasteiger partial charge in [-0.1, -0.05) is 11.6 Å². The van der Waals surface area contributed by atoms with E-state index in [1.165, 1.54) is 0 Å². The van der Waals surface area contributed by atoms with Crippen LogP contribution in [0.25, 0.3) is 5.70 Å². The number of rotatable bonds is 5. The number of phenolic OH excluding ortho intramolecular Hbond substituents is 1. The second-order valence-corrected chi connectivity index (χ2v) is 7.56. The zero-order valence-corrected chi connectivity index (χ0v) is 17.6.